The molecule has 4 nitrogen and oxygen atoms in total. The van der Waals surface area contributed by atoms with Crippen molar-refractivity contribution >= 4 is 37.3 Å². The SMILES string of the molecule is O=S(=O)(c1sccc1Br)N(CC1CCCNC1)C1CC1. The zero-order valence-corrected chi connectivity index (χ0v) is 14.4. The predicted octanol–water partition coefficient (Wildman–Crippen LogP) is 2.66. The van der Waals surface area contributed by atoms with Crippen molar-refractivity contribution in [1.82, 2.24) is 9.62 Å². The van der Waals surface area contributed by atoms with Crippen LogP contribution in [0, 0.1) is 5.92 Å². The highest BCUT2D eigenvalue weighted by molar-refractivity contribution is 9.10. The number of piperidine rings is 1. The maximum atomic E-state index is 12.9. The zero-order chi connectivity index (χ0) is 14.2. The summed E-state index contributed by atoms with van der Waals surface area (Å²) in [5, 5.41) is 5.19. The number of halogens is 1. The van der Waals surface area contributed by atoms with E-state index in [0.29, 0.717) is 21.1 Å². The Morgan fingerprint density at radius 2 is 2.20 bits per heavy atom. The van der Waals surface area contributed by atoms with Crippen LogP contribution in [0.25, 0.3) is 0 Å². The molecule has 1 unspecified atom stereocenters. The first kappa shape index (κ1) is 15.0. The molecule has 20 heavy (non-hydrogen) atoms. The van der Waals surface area contributed by atoms with Gasteiger partial charge in [0.1, 0.15) is 4.21 Å². The van der Waals surface area contributed by atoms with Gasteiger partial charge in [0, 0.05) is 17.1 Å². The molecule has 1 aromatic heterocycles. The Hall–Kier alpha value is 0.0500. The van der Waals surface area contributed by atoms with Gasteiger partial charge in [0.05, 0.1) is 0 Å². The quantitative estimate of drug-likeness (QED) is 0.856. The van der Waals surface area contributed by atoms with Gasteiger partial charge in [0.15, 0.2) is 0 Å². The molecule has 3 rings (SSSR count). The molecule has 0 aromatic carbocycles. The number of thiophene rings is 1. The van der Waals surface area contributed by atoms with Crippen molar-refractivity contribution in [2.75, 3.05) is 19.6 Å². The Morgan fingerprint density at radius 3 is 2.75 bits per heavy atom. The van der Waals surface area contributed by atoms with Crippen molar-refractivity contribution in [3.05, 3.63) is 15.9 Å². The second-order valence-electron chi connectivity index (χ2n) is 5.57. The third-order valence-corrected chi connectivity index (χ3v) is 8.48. The molecule has 112 valence electrons. The predicted molar refractivity (Wildman–Crippen MR) is 84.5 cm³/mol. The van der Waals surface area contributed by atoms with Crippen LogP contribution in [0.4, 0.5) is 0 Å². The van der Waals surface area contributed by atoms with E-state index in [1.165, 1.54) is 11.3 Å². The molecule has 2 heterocycles. The largest absolute Gasteiger partial charge is 0.316 e. The van der Waals surface area contributed by atoms with E-state index in [2.05, 4.69) is 21.2 Å². The number of nitrogens with one attached hydrogen (secondary N) is 1. The minimum Gasteiger partial charge on any atom is -0.316 e. The highest BCUT2D eigenvalue weighted by Gasteiger charge is 2.40. The summed E-state index contributed by atoms with van der Waals surface area (Å²) in [5.74, 6) is 0.442. The molecule has 1 aliphatic carbocycles. The molecule has 1 atom stereocenters. The summed E-state index contributed by atoms with van der Waals surface area (Å²) in [6, 6.07) is 2.03. The van der Waals surface area contributed by atoms with Gasteiger partial charge in [0.2, 0.25) is 0 Å². The summed E-state index contributed by atoms with van der Waals surface area (Å²) in [6.45, 7) is 2.65. The van der Waals surface area contributed by atoms with E-state index in [1.54, 1.807) is 4.31 Å². The molecule has 2 fully saturated rings. The number of nitrogens with zero attached hydrogens (tertiary/aromatic N) is 1. The number of hydrogen-bond donors (Lipinski definition) is 1. The van der Waals surface area contributed by atoms with Gasteiger partial charge in [-0.05, 0) is 72.1 Å². The molecule has 1 aromatic rings. The van der Waals surface area contributed by atoms with Crippen molar-refractivity contribution in [2.45, 2.75) is 35.9 Å². The van der Waals surface area contributed by atoms with E-state index < -0.39 is 10.0 Å². The van der Waals surface area contributed by atoms with Gasteiger partial charge < -0.3 is 5.32 Å². The van der Waals surface area contributed by atoms with Crippen LogP contribution in [0.3, 0.4) is 0 Å². The summed E-state index contributed by atoms with van der Waals surface area (Å²) >= 11 is 4.66. The first-order chi connectivity index (χ1) is 9.59. The maximum Gasteiger partial charge on any atom is 0.253 e. The van der Waals surface area contributed by atoms with E-state index in [0.717, 1.165) is 38.8 Å². The summed E-state index contributed by atoms with van der Waals surface area (Å²) in [7, 11) is -3.35. The number of sulfonamides is 1. The Balaban J connectivity index is 1.81. The average molecular weight is 379 g/mol. The Kier molecular flexibility index (Phi) is 4.52. The molecule has 7 heteroatoms. The van der Waals surface area contributed by atoms with Crippen LogP contribution >= 0.6 is 27.3 Å². The Bertz CT molecular complexity index is 563. The van der Waals surface area contributed by atoms with Crippen LogP contribution in [0.15, 0.2) is 20.1 Å². The highest BCUT2D eigenvalue weighted by atomic mass is 79.9. The Morgan fingerprint density at radius 1 is 1.40 bits per heavy atom. The lowest BCUT2D eigenvalue weighted by atomic mass is 10.00. The van der Waals surface area contributed by atoms with Crippen molar-refractivity contribution in [3.63, 3.8) is 0 Å². The minimum atomic E-state index is -3.35. The van der Waals surface area contributed by atoms with Crippen LogP contribution in [0.1, 0.15) is 25.7 Å². The van der Waals surface area contributed by atoms with Gasteiger partial charge in [-0.15, -0.1) is 11.3 Å². The summed E-state index contributed by atoms with van der Waals surface area (Å²) < 4.78 is 28.6. The van der Waals surface area contributed by atoms with Crippen LogP contribution in [-0.4, -0.2) is 38.4 Å². The van der Waals surface area contributed by atoms with E-state index in [9.17, 15) is 8.42 Å². The van der Waals surface area contributed by atoms with E-state index in [4.69, 9.17) is 0 Å². The van der Waals surface area contributed by atoms with Crippen molar-refractivity contribution < 1.29 is 8.42 Å². The molecule has 1 saturated heterocycles. The molecule has 2 aliphatic rings. The van der Waals surface area contributed by atoms with Crippen molar-refractivity contribution in [3.8, 4) is 0 Å². The number of rotatable bonds is 5. The topological polar surface area (TPSA) is 49.4 Å². The fraction of sp³-hybridized carbons (Fsp3) is 0.692. The lowest BCUT2D eigenvalue weighted by Crippen LogP contribution is -2.42. The van der Waals surface area contributed by atoms with Gasteiger partial charge >= 0.3 is 0 Å². The van der Waals surface area contributed by atoms with Crippen LogP contribution in [0.2, 0.25) is 0 Å². The fourth-order valence-electron chi connectivity index (χ4n) is 2.71. The highest BCUT2D eigenvalue weighted by Crippen LogP contribution is 2.37. The Labute approximate surface area is 132 Å². The first-order valence-corrected chi connectivity index (χ1v) is 10.2. The standard InChI is InChI=1S/C13H19BrN2O2S2/c14-12-5-7-19-13(12)20(17,18)16(11-3-4-11)9-10-2-1-6-15-8-10/h5,7,10-11,15H,1-4,6,8-9H2. The van der Waals surface area contributed by atoms with Crippen LogP contribution in [-0.2, 0) is 10.0 Å². The molecular weight excluding hydrogens is 360 g/mol. The first-order valence-electron chi connectivity index (χ1n) is 7.04. The normalized spacial score (nSPS) is 24.2. The molecule has 1 aliphatic heterocycles. The van der Waals surface area contributed by atoms with Gasteiger partial charge in [0.25, 0.3) is 10.0 Å². The van der Waals surface area contributed by atoms with Crippen LogP contribution < -0.4 is 5.32 Å². The van der Waals surface area contributed by atoms with Crippen molar-refractivity contribution in [2.24, 2.45) is 5.92 Å². The van der Waals surface area contributed by atoms with Crippen molar-refractivity contribution in [1.29, 1.82) is 0 Å². The molecular formula is C13H19BrN2O2S2. The van der Waals surface area contributed by atoms with Gasteiger partial charge in [-0.3, -0.25) is 0 Å². The molecule has 1 saturated carbocycles. The number of hydrogen-bond acceptors (Lipinski definition) is 4. The van der Waals surface area contributed by atoms with Gasteiger partial charge in [-0.25, -0.2) is 8.42 Å². The summed E-state index contributed by atoms with van der Waals surface area (Å²) in [5.41, 5.74) is 0. The zero-order valence-electron chi connectivity index (χ0n) is 11.2. The second kappa shape index (κ2) is 6.04. The third-order valence-electron chi connectivity index (χ3n) is 3.92. The van der Waals surface area contributed by atoms with E-state index >= 15 is 0 Å². The average Bonchev–Trinajstić information content (AvgIpc) is 3.18. The van der Waals surface area contributed by atoms with E-state index in [-0.39, 0.29) is 6.04 Å². The molecule has 0 spiro atoms. The smallest absolute Gasteiger partial charge is 0.253 e. The molecule has 0 radical (unpaired) electrons. The maximum absolute atomic E-state index is 12.9. The summed E-state index contributed by atoms with van der Waals surface area (Å²) in [6.07, 6.45) is 4.27. The van der Waals surface area contributed by atoms with Gasteiger partial charge in [-0.2, -0.15) is 4.31 Å². The fourth-order valence-corrected chi connectivity index (χ4v) is 6.90. The van der Waals surface area contributed by atoms with E-state index in [1.807, 2.05) is 11.4 Å². The molecule has 0 bridgehead atoms. The third kappa shape index (κ3) is 3.11. The van der Waals surface area contributed by atoms with Crippen LogP contribution in [0.5, 0.6) is 0 Å². The molecule has 0 amide bonds. The second-order valence-corrected chi connectivity index (χ2v) is 9.43. The van der Waals surface area contributed by atoms with Gasteiger partial charge in [-0.1, -0.05) is 0 Å². The monoisotopic (exact) mass is 378 g/mol. The summed E-state index contributed by atoms with van der Waals surface area (Å²) in [4.78, 5) is 0. The lowest BCUT2D eigenvalue weighted by Gasteiger charge is -2.29. The minimum absolute atomic E-state index is 0.218. The molecule has 1 N–H and O–H groups in total. The lowest BCUT2D eigenvalue weighted by molar-refractivity contribution is 0.287.